The van der Waals surface area contributed by atoms with Gasteiger partial charge < -0.3 is 19.7 Å². The third-order valence-corrected chi connectivity index (χ3v) is 21.7. The monoisotopic (exact) mass is 1060 g/mol. The molecule has 6 aromatic rings. The van der Waals surface area contributed by atoms with Crippen molar-refractivity contribution < 1.29 is 19.7 Å². The number of phenolic OH excluding ortho intramolecular Hbond substituents is 2. The molecule has 0 fully saturated rings. The van der Waals surface area contributed by atoms with Gasteiger partial charge in [0.15, 0.2) is 0 Å². The van der Waals surface area contributed by atoms with Gasteiger partial charge in [-0.05, 0) is 205 Å². The van der Waals surface area contributed by atoms with Crippen LogP contribution in [0.5, 0.6) is 23.0 Å². The third kappa shape index (κ3) is 15.6. The summed E-state index contributed by atoms with van der Waals surface area (Å²) in [7, 11) is -1.83. The van der Waals surface area contributed by atoms with E-state index in [-0.39, 0.29) is 9.49 Å². The van der Waals surface area contributed by atoms with Gasteiger partial charge in [0.05, 0.1) is 0 Å². The summed E-state index contributed by atoms with van der Waals surface area (Å²) in [5.74, 6) is 3.07. The predicted molar refractivity (Wildman–Crippen MR) is 337 cm³/mol. The molecule has 2 N–H and O–H groups in total. The van der Waals surface area contributed by atoms with E-state index in [0.29, 0.717) is 23.4 Å². The van der Waals surface area contributed by atoms with E-state index in [2.05, 4.69) is 194 Å². The van der Waals surface area contributed by atoms with Crippen LogP contribution in [0, 0.1) is 13.8 Å². The lowest BCUT2D eigenvalue weighted by Gasteiger charge is -2.57. The number of hydrogen-bond acceptors (Lipinski definition) is 4. The molecular formula is C72H100O4S. The van der Waals surface area contributed by atoms with Crippen LogP contribution in [0.25, 0.3) is 44.5 Å². The van der Waals surface area contributed by atoms with E-state index in [9.17, 15) is 10.2 Å². The van der Waals surface area contributed by atoms with E-state index in [1.54, 1.807) is 0 Å². The molecule has 0 aliphatic heterocycles. The molecule has 0 saturated carbocycles. The van der Waals surface area contributed by atoms with Gasteiger partial charge in [0.1, 0.15) is 34.9 Å². The minimum atomic E-state index is -1.83. The smallest absolute Gasteiger partial charge is 0.131 e. The van der Waals surface area contributed by atoms with Crippen LogP contribution in [-0.4, -0.2) is 31.6 Å². The average molecular weight is 1060 g/mol. The SMILES string of the molecule is CCCCc1cc(CCCC)cc(-c2cc(C)cc(-c3cc(CCCC)ccc3OCS(COc3ccc(CCCC)cc3-c3cc(C)cc(-c4cc(CCCC)cc(CCCC)c4)c3O)(C(C)(C)C)C(C)(C)C)c2O)c1. The Kier molecular flexibility index (Phi) is 22.3. The summed E-state index contributed by atoms with van der Waals surface area (Å²) >= 11 is 0. The second-order valence-corrected chi connectivity index (χ2v) is 29.1. The summed E-state index contributed by atoms with van der Waals surface area (Å²) in [5, 5.41) is 25.3. The van der Waals surface area contributed by atoms with Crippen LogP contribution < -0.4 is 9.47 Å². The molecule has 0 atom stereocenters. The van der Waals surface area contributed by atoms with Crippen molar-refractivity contribution >= 4 is 10.0 Å². The first-order chi connectivity index (χ1) is 36.8. The average Bonchev–Trinajstić information content (AvgIpc) is 3.42. The molecule has 0 aliphatic rings. The van der Waals surface area contributed by atoms with Crippen LogP contribution in [0.3, 0.4) is 0 Å². The molecule has 0 spiro atoms. The number of unbranched alkanes of at least 4 members (excludes halogenated alkanes) is 6. The van der Waals surface area contributed by atoms with E-state index < -0.39 is 10.0 Å². The first kappa shape index (κ1) is 61.1. The Morgan fingerprint density at radius 1 is 0.351 bits per heavy atom. The highest BCUT2D eigenvalue weighted by Gasteiger charge is 2.47. The second kappa shape index (κ2) is 28.1. The Labute approximate surface area is 470 Å². The molecule has 0 aromatic heterocycles. The number of phenols is 2. The molecule has 6 rings (SSSR count). The highest BCUT2D eigenvalue weighted by Crippen LogP contribution is 2.68. The van der Waals surface area contributed by atoms with Gasteiger partial charge in [-0.3, -0.25) is 0 Å². The zero-order valence-electron chi connectivity index (χ0n) is 50.5. The largest absolute Gasteiger partial charge is 0.507 e. The Hall–Kier alpha value is -5.13. The molecule has 0 radical (unpaired) electrons. The molecule has 0 unspecified atom stereocenters. The van der Waals surface area contributed by atoms with Crippen molar-refractivity contribution in [2.24, 2.45) is 0 Å². The standard InChI is InChI=1S/C72H100O4S/c1-15-21-27-53-33-35-67(63(47-53)65-39-51(7)37-61(69(65)73)59-43-55(29-23-17-3)41-56(44-59)30-24-18-4)75-49-77(71(9,10)11,72(12,13)14)50-76-68-36-34-54(28-22-16-2)48-64(68)66-40-52(8)38-62(70(66)74)60-45-57(31-25-19-5)42-58(46-60)32-26-20-6/h33-48,73-74H,15-32,49-50H2,1-14H3. The topological polar surface area (TPSA) is 58.9 Å². The Morgan fingerprint density at radius 2 is 0.636 bits per heavy atom. The van der Waals surface area contributed by atoms with Gasteiger partial charge in [-0.15, -0.1) is 0 Å². The molecule has 0 saturated heterocycles. The van der Waals surface area contributed by atoms with Gasteiger partial charge in [-0.2, -0.15) is 10.0 Å². The van der Waals surface area contributed by atoms with Crippen molar-refractivity contribution in [3.05, 3.63) is 142 Å². The van der Waals surface area contributed by atoms with E-state index >= 15 is 0 Å². The molecule has 0 aliphatic carbocycles. The van der Waals surface area contributed by atoms with Crippen molar-refractivity contribution in [1.82, 2.24) is 0 Å². The van der Waals surface area contributed by atoms with Gasteiger partial charge in [0.25, 0.3) is 0 Å². The Bertz CT molecular complexity index is 2610. The summed E-state index contributed by atoms with van der Waals surface area (Å²) in [4.78, 5) is 0. The number of aryl methyl sites for hydroxylation is 8. The van der Waals surface area contributed by atoms with Gasteiger partial charge >= 0.3 is 0 Å². The van der Waals surface area contributed by atoms with E-state index in [0.717, 1.165) is 183 Å². The number of rotatable bonds is 28. The summed E-state index contributed by atoms with van der Waals surface area (Å²) < 4.78 is 14.3. The Balaban J connectivity index is 1.45. The second-order valence-electron chi connectivity index (χ2n) is 24.4. The Morgan fingerprint density at radius 3 is 0.922 bits per heavy atom. The highest BCUT2D eigenvalue weighted by molar-refractivity contribution is 8.35. The first-order valence-corrected chi connectivity index (χ1v) is 32.0. The number of aromatic hydroxyl groups is 2. The van der Waals surface area contributed by atoms with E-state index in [1.807, 2.05) is 0 Å². The zero-order valence-corrected chi connectivity index (χ0v) is 51.3. The molecular weight excluding hydrogens is 961 g/mol. The van der Waals surface area contributed by atoms with Gasteiger partial charge in [0.2, 0.25) is 0 Å². The minimum Gasteiger partial charge on any atom is -0.507 e. The van der Waals surface area contributed by atoms with Gasteiger partial charge in [0, 0.05) is 33.4 Å². The molecule has 0 bridgehead atoms. The molecule has 77 heavy (non-hydrogen) atoms. The maximum Gasteiger partial charge on any atom is 0.131 e. The lowest BCUT2D eigenvalue weighted by Crippen LogP contribution is -2.44. The van der Waals surface area contributed by atoms with Crippen molar-refractivity contribution in [2.45, 2.75) is 222 Å². The van der Waals surface area contributed by atoms with Gasteiger partial charge in [-0.25, -0.2) is 0 Å². The van der Waals surface area contributed by atoms with Crippen molar-refractivity contribution in [2.75, 3.05) is 11.9 Å². The predicted octanol–water partition coefficient (Wildman–Crippen LogP) is 21.2. The normalized spacial score (nSPS) is 12.3. The zero-order chi connectivity index (χ0) is 55.9. The van der Waals surface area contributed by atoms with Crippen molar-refractivity contribution in [1.29, 1.82) is 0 Å². The minimum absolute atomic E-state index is 0.207. The maximum atomic E-state index is 12.6. The first-order valence-electron chi connectivity index (χ1n) is 30.0. The molecule has 5 heteroatoms. The molecule has 0 amide bonds. The lowest BCUT2D eigenvalue weighted by atomic mass is 9.90. The van der Waals surface area contributed by atoms with Crippen molar-refractivity contribution in [3.8, 4) is 67.5 Å². The quantitative estimate of drug-likeness (QED) is 0.0514. The summed E-state index contributed by atoms with van der Waals surface area (Å²) in [6, 6.07) is 35.9. The molecule has 418 valence electrons. The number of benzene rings is 6. The van der Waals surface area contributed by atoms with Crippen molar-refractivity contribution in [3.63, 3.8) is 0 Å². The molecule has 4 nitrogen and oxygen atoms in total. The number of hydrogen-bond donors (Lipinski definition) is 2. The fraction of sp³-hybridized carbons (Fsp3) is 0.500. The van der Waals surface area contributed by atoms with Gasteiger partial charge in [-0.1, -0.05) is 170 Å². The van der Waals surface area contributed by atoms with E-state index in [1.165, 1.54) is 33.4 Å². The third-order valence-electron chi connectivity index (χ3n) is 16.0. The maximum absolute atomic E-state index is 12.6. The fourth-order valence-electron chi connectivity index (χ4n) is 11.2. The van der Waals surface area contributed by atoms with Crippen LogP contribution in [0.4, 0.5) is 0 Å². The summed E-state index contributed by atoms with van der Waals surface area (Å²) in [6.45, 7) is 31.9. The van der Waals surface area contributed by atoms with Crippen LogP contribution in [0.2, 0.25) is 0 Å². The lowest BCUT2D eigenvalue weighted by molar-refractivity contribution is 0.355. The van der Waals surface area contributed by atoms with Crippen LogP contribution >= 0.6 is 10.0 Å². The molecule has 0 heterocycles. The van der Waals surface area contributed by atoms with Crippen LogP contribution in [-0.2, 0) is 38.5 Å². The summed E-state index contributed by atoms with van der Waals surface area (Å²) in [5.41, 5.74) is 17.4. The highest BCUT2D eigenvalue weighted by atomic mass is 32.3. The molecule has 6 aromatic carbocycles. The number of ether oxygens (including phenoxy) is 2. The van der Waals surface area contributed by atoms with Crippen LogP contribution in [0.1, 0.15) is 205 Å². The van der Waals surface area contributed by atoms with Crippen LogP contribution in [0.15, 0.2) is 97.1 Å². The fourth-order valence-corrected chi connectivity index (χ4v) is 15.2. The summed E-state index contributed by atoms with van der Waals surface area (Å²) in [6.07, 6.45) is 19.6. The van der Waals surface area contributed by atoms with E-state index in [4.69, 9.17) is 9.47 Å².